The van der Waals surface area contributed by atoms with Crippen LogP contribution in [0.1, 0.15) is 24.7 Å². The first-order valence-electron chi connectivity index (χ1n) is 8.28. The second-order valence-electron chi connectivity index (χ2n) is 6.37. The Bertz CT molecular complexity index is 674. The number of carbonyl (C=O) groups is 1. The van der Waals surface area contributed by atoms with Gasteiger partial charge in [-0.1, -0.05) is 0 Å². The average Bonchev–Trinajstić information content (AvgIpc) is 3.24. The zero-order chi connectivity index (χ0) is 16.9. The number of aromatic amines is 1. The van der Waals surface area contributed by atoms with E-state index in [9.17, 15) is 4.79 Å². The maximum absolute atomic E-state index is 12.2. The molecule has 0 aliphatic carbocycles. The predicted molar refractivity (Wildman–Crippen MR) is 89.8 cm³/mol. The van der Waals surface area contributed by atoms with Crippen LogP contribution in [0.4, 0.5) is 10.6 Å². The largest absolute Gasteiger partial charge is 0.381 e. The van der Waals surface area contributed by atoms with Crippen molar-refractivity contribution in [3.8, 4) is 0 Å². The van der Waals surface area contributed by atoms with E-state index in [0.29, 0.717) is 18.2 Å². The van der Waals surface area contributed by atoms with Crippen molar-refractivity contribution in [3.63, 3.8) is 0 Å². The summed E-state index contributed by atoms with van der Waals surface area (Å²) in [6.45, 7) is 6.23. The summed E-state index contributed by atoms with van der Waals surface area (Å²) in [5.74, 6) is 1.15. The van der Waals surface area contributed by atoms with Gasteiger partial charge in [-0.05, 0) is 26.3 Å². The highest BCUT2D eigenvalue weighted by molar-refractivity contribution is 5.88. The van der Waals surface area contributed by atoms with Crippen LogP contribution in [0.2, 0.25) is 0 Å². The molecule has 0 spiro atoms. The first-order valence-corrected chi connectivity index (χ1v) is 8.28. The summed E-state index contributed by atoms with van der Waals surface area (Å²) in [4.78, 5) is 12.2. The lowest BCUT2D eigenvalue weighted by Crippen LogP contribution is -2.38. The summed E-state index contributed by atoms with van der Waals surface area (Å²) in [6, 6.07) is 3.53. The van der Waals surface area contributed by atoms with Crippen molar-refractivity contribution in [2.45, 2.75) is 39.3 Å². The van der Waals surface area contributed by atoms with E-state index in [-0.39, 0.29) is 12.1 Å². The molecule has 8 nitrogen and oxygen atoms in total. The summed E-state index contributed by atoms with van der Waals surface area (Å²) in [6.07, 6.45) is 3.41. The van der Waals surface area contributed by atoms with Crippen LogP contribution in [-0.4, -0.2) is 45.3 Å². The highest BCUT2D eigenvalue weighted by Crippen LogP contribution is 2.17. The Hall–Kier alpha value is -2.35. The van der Waals surface area contributed by atoms with E-state index in [1.54, 1.807) is 12.3 Å². The van der Waals surface area contributed by atoms with E-state index in [1.807, 2.05) is 24.6 Å². The number of hydrogen-bond acceptors (Lipinski definition) is 4. The summed E-state index contributed by atoms with van der Waals surface area (Å²) < 4.78 is 7.21. The van der Waals surface area contributed by atoms with Crippen molar-refractivity contribution >= 4 is 11.8 Å². The zero-order valence-corrected chi connectivity index (χ0v) is 14.1. The van der Waals surface area contributed by atoms with Crippen LogP contribution in [0.3, 0.4) is 0 Å². The molecule has 3 N–H and O–H groups in total. The molecule has 2 aromatic heterocycles. The molecule has 1 aliphatic rings. The van der Waals surface area contributed by atoms with Crippen molar-refractivity contribution < 1.29 is 9.53 Å². The van der Waals surface area contributed by atoms with E-state index in [1.165, 1.54) is 0 Å². The van der Waals surface area contributed by atoms with Gasteiger partial charge in [0.1, 0.15) is 5.82 Å². The molecule has 3 rings (SSSR count). The number of hydrogen-bond donors (Lipinski definition) is 3. The smallest absolute Gasteiger partial charge is 0.320 e. The molecule has 2 amide bonds. The molecule has 130 valence electrons. The summed E-state index contributed by atoms with van der Waals surface area (Å²) in [5.41, 5.74) is 1.95. The molecule has 0 unspecified atom stereocenters. The maximum Gasteiger partial charge on any atom is 0.320 e. The van der Waals surface area contributed by atoms with Gasteiger partial charge >= 0.3 is 6.03 Å². The van der Waals surface area contributed by atoms with Crippen molar-refractivity contribution in [1.82, 2.24) is 25.3 Å². The number of anilines is 1. The van der Waals surface area contributed by atoms with Crippen molar-refractivity contribution in [3.05, 3.63) is 29.7 Å². The molecular formula is C16H24N6O2. The van der Waals surface area contributed by atoms with Gasteiger partial charge in [0.2, 0.25) is 0 Å². The fourth-order valence-corrected chi connectivity index (χ4v) is 2.88. The average molecular weight is 332 g/mol. The molecule has 24 heavy (non-hydrogen) atoms. The van der Waals surface area contributed by atoms with Crippen LogP contribution in [0.5, 0.6) is 0 Å². The first kappa shape index (κ1) is 16.5. The third-order valence-corrected chi connectivity index (χ3v) is 4.07. The molecule has 1 aliphatic heterocycles. The Morgan fingerprint density at radius 1 is 1.58 bits per heavy atom. The third kappa shape index (κ3) is 4.35. The van der Waals surface area contributed by atoms with E-state index >= 15 is 0 Å². The monoisotopic (exact) mass is 332 g/mol. The predicted octanol–water partition coefficient (Wildman–Crippen LogP) is 1.70. The van der Waals surface area contributed by atoms with Gasteiger partial charge in [0.15, 0.2) is 0 Å². The number of nitrogens with zero attached hydrogens (tertiary/aromatic N) is 3. The minimum atomic E-state index is -0.237. The summed E-state index contributed by atoms with van der Waals surface area (Å²) in [5, 5.41) is 17.2. The zero-order valence-electron chi connectivity index (χ0n) is 14.1. The van der Waals surface area contributed by atoms with Crippen LogP contribution >= 0.6 is 0 Å². The van der Waals surface area contributed by atoms with Gasteiger partial charge in [0.05, 0.1) is 18.5 Å². The maximum atomic E-state index is 12.2. The Morgan fingerprint density at radius 2 is 2.46 bits per heavy atom. The van der Waals surface area contributed by atoms with Crippen LogP contribution in [-0.2, 0) is 17.7 Å². The van der Waals surface area contributed by atoms with E-state index in [2.05, 4.69) is 25.9 Å². The van der Waals surface area contributed by atoms with Gasteiger partial charge in [-0.25, -0.2) is 9.48 Å². The lowest BCUT2D eigenvalue weighted by Gasteiger charge is -2.15. The summed E-state index contributed by atoms with van der Waals surface area (Å²) in [7, 11) is 0. The number of urea groups is 1. The van der Waals surface area contributed by atoms with Gasteiger partial charge in [-0.2, -0.15) is 10.2 Å². The number of H-pyrrole nitrogens is 1. The van der Waals surface area contributed by atoms with Crippen LogP contribution in [0, 0.1) is 12.8 Å². The van der Waals surface area contributed by atoms with Crippen LogP contribution in [0.25, 0.3) is 0 Å². The number of rotatable bonds is 6. The fraction of sp³-hybridized carbons (Fsp3) is 0.562. The number of nitrogens with one attached hydrogen (secondary N) is 3. The van der Waals surface area contributed by atoms with Gasteiger partial charge in [-0.3, -0.25) is 10.4 Å². The fourth-order valence-electron chi connectivity index (χ4n) is 2.88. The molecule has 0 radical (unpaired) electrons. The van der Waals surface area contributed by atoms with Crippen molar-refractivity contribution in [2.75, 3.05) is 18.5 Å². The lowest BCUT2D eigenvalue weighted by molar-refractivity contribution is 0.181. The number of carbonyl (C=O) groups excluding carboxylic acids is 1. The normalized spacial score (nSPS) is 18.5. The quantitative estimate of drug-likeness (QED) is 0.750. The molecule has 2 aromatic rings. The Kier molecular flexibility index (Phi) is 5.14. The second kappa shape index (κ2) is 7.48. The van der Waals surface area contributed by atoms with Crippen molar-refractivity contribution in [2.24, 2.45) is 5.92 Å². The van der Waals surface area contributed by atoms with E-state index in [0.717, 1.165) is 37.6 Å². The number of amides is 2. The van der Waals surface area contributed by atoms with Gasteiger partial charge in [-0.15, -0.1) is 0 Å². The topological polar surface area (TPSA) is 96.9 Å². The highest BCUT2D eigenvalue weighted by atomic mass is 16.5. The van der Waals surface area contributed by atoms with Gasteiger partial charge < -0.3 is 10.1 Å². The Morgan fingerprint density at radius 3 is 3.17 bits per heavy atom. The number of ether oxygens (including phenoxy) is 1. The Labute approximate surface area is 141 Å². The standard InChI is InChI=1S/C16H24N6O2/c1-11(7-14-8-12(2)20-21-14)18-16(23)19-15-3-5-17-22(15)9-13-4-6-24-10-13/h3,5,8,11,13H,4,6-7,9-10H2,1-2H3,(H,20,21)(H2,18,19,23)/t11-,13-/m0/s1. The molecule has 0 saturated carbocycles. The molecule has 2 atom stereocenters. The van der Waals surface area contributed by atoms with Gasteiger partial charge in [0.25, 0.3) is 0 Å². The van der Waals surface area contributed by atoms with Crippen LogP contribution in [0.15, 0.2) is 18.3 Å². The first-order chi connectivity index (χ1) is 11.6. The SMILES string of the molecule is Cc1cc(C[C@H](C)NC(=O)Nc2ccnn2C[C@@H]2CCOC2)n[nH]1. The highest BCUT2D eigenvalue weighted by Gasteiger charge is 2.18. The molecule has 1 saturated heterocycles. The molecule has 8 heteroatoms. The molecule has 1 fully saturated rings. The van der Waals surface area contributed by atoms with Crippen molar-refractivity contribution in [1.29, 1.82) is 0 Å². The van der Waals surface area contributed by atoms with E-state index < -0.39 is 0 Å². The molecule has 0 bridgehead atoms. The second-order valence-corrected chi connectivity index (χ2v) is 6.37. The molecular weight excluding hydrogens is 308 g/mol. The minimum absolute atomic E-state index is 0.0210. The molecule has 3 heterocycles. The number of aromatic nitrogens is 4. The summed E-state index contributed by atoms with van der Waals surface area (Å²) >= 11 is 0. The lowest BCUT2D eigenvalue weighted by atomic mass is 10.1. The minimum Gasteiger partial charge on any atom is -0.381 e. The number of aryl methyl sites for hydroxylation is 1. The van der Waals surface area contributed by atoms with Gasteiger partial charge in [0, 0.05) is 43.3 Å². The molecule has 0 aromatic carbocycles. The Balaban J connectivity index is 1.50. The van der Waals surface area contributed by atoms with Crippen LogP contribution < -0.4 is 10.6 Å². The van der Waals surface area contributed by atoms with E-state index in [4.69, 9.17) is 4.74 Å². The third-order valence-electron chi connectivity index (χ3n) is 4.07.